The van der Waals surface area contributed by atoms with Gasteiger partial charge < -0.3 is 5.32 Å². The fourth-order valence-corrected chi connectivity index (χ4v) is 3.07. The van der Waals surface area contributed by atoms with Crippen LogP contribution in [0.2, 0.25) is 5.02 Å². The van der Waals surface area contributed by atoms with Crippen molar-refractivity contribution in [2.45, 2.75) is 26.9 Å². The van der Waals surface area contributed by atoms with E-state index in [0.29, 0.717) is 28.4 Å². The molecule has 1 N–H and O–H groups in total. The van der Waals surface area contributed by atoms with E-state index in [1.165, 1.54) is 6.07 Å². The number of aromatic nitrogens is 2. The summed E-state index contributed by atoms with van der Waals surface area (Å²) < 4.78 is 15.5. The summed E-state index contributed by atoms with van der Waals surface area (Å²) in [7, 11) is 0. The number of benzene rings is 2. The van der Waals surface area contributed by atoms with Crippen molar-refractivity contribution in [2.24, 2.45) is 0 Å². The highest BCUT2D eigenvalue weighted by atomic mass is 35.5. The van der Waals surface area contributed by atoms with Crippen molar-refractivity contribution in [1.29, 1.82) is 0 Å². The quantitative estimate of drug-likeness (QED) is 0.728. The maximum atomic E-state index is 13.7. The largest absolute Gasteiger partial charge is 0.348 e. The van der Waals surface area contributed by atoms with Gasteiger partial charge in [-0.25, -0.2) is 4.39 Å². The average molecular weight is 372 g/mol. The molecule has 0 unspecified atom stereocenters. The highest BCUT2D eigenvalue weighted by Gasteiger charge is 2.19. The molecular formula is C20H19ClFN3O. The normalized spacial score (nSPS) is 10.8. The minimum atomic E-state index is -0.337. The maximum Gasteiger partial charge on any atom is 0.255 e. The molecule has 0 fully saturated rings. The van der Waals surface area contributed by atoms with Gasteiger partial charge in [0.15, 0.2) is 0 Å². The Morgan fingerprint density at radius 1 is 1.12 bits per heavy atom. The lowest BCUT2D eigenvalue weighted by Gasteiger charge is -2.08. The Bertz CT molecular complexity index is 952. The fraction of sp³-hybridized carbons (Fsp3) is 0.200. The zero-order valence-corrected chi connectivity index (χ0v) is 15.3. The molecule has 6 heteroatoms. The molecule has 0 spiro atoms. The summed E-state index contributed by atoms with van der Waals surface area (Å²) in [4.78, 5) is 12.6. The summed E-state index contributed by atoms with van der Waals surface area (Å²) in [6.45, 7) is 4.23. The number of carbonyl (C=O) groups excluding carboxylic acids is 1. The van der Waals surface area contributed by atoms with Crippen LogP contribution in [-0.2, 0) is 13.1 Å². The van der Waals surface area contributed by atoms with Crippen LogP contribution in [0.5, 0.6) is 0 Å². The van der Waals surface area contributed by atoms with Gasteiger partial charge in [0.1, 0.15) is 5.82 Å². The van der Waals surface area contributed by atoms with Crippen molar-refractivity contribution >= 4 is 17.5 Å². The van der Waals surface area contributed by atoms with Crippen LogP contribution in [0.15, 0.2) is 48.5 Å². The van der Waals surface area contributed by atoms with Crippen LogP contribution in [0.1, 0.15) is 32.9 Å². The monoisotopic (exact) mass is 371 g/mol. The van der Waals surface area contributed by atoms with Gasteiger partial charge in [0.25, 0.3) is 5.91 Å². The smallest absolute Gasteiger partial charge is 0.255 e. The molecule has 0 atom stereocenters. The summed E-state index contributed by atoms with van der Waals surface area (Å²) in [5.74, 6) is -0.607. The standard InChI is InChI=1S/C20H19ClFN3O/c1-13-19(20(26)23-11-15-7-4-6-10-18(15)22)14(2)25(24-13)12-16-8-3-5-9-17(16)21/h3-10H,11-12H2,1-2H3,(H,23,26). The highest BCUT2D eigenvalue weighted by molar-refractivity contribution is 6.31. The second kappa shape index (κ2) is 7.70. The van der Waals surface area contributed by atoms with Gasteiger partial charge in [0, 0.05) is 22.8 Å². The lowest BCUT2D eigenvalue weighted by atomic mass is 10.1. The second-order valence-electron chi connectivity index (χ2n) is 6.07. The van der Waals surface area contributed by atoms with Gasteiger partial charge in [-0.15, -0.1) is 0 Å². The van der Waals surface area contributed by atoms with Crippen LogP contribution in [-0.4, -0.2) is 15.7 Å². The number of rotatable bonds is 5. The number of hydrogen-bond acceptors (Lipinski definition) is 2. The first-order valence-electron chi connectivity index (χ1n) is 8.26. The Kier molecular flexibility index (Phi) is 5.38. The number of nitrogens with zero attached hydrogens (tertiary/aromatic N) is 2. The van der Waals surface area contributed by atoms with Gasteiger partial charge >= 0.3 is 0 Å². The van der Waals surface area contributed by atoms with Crippen LogP contribution >= 0.6 is 11.6 Å². The van der Waals surface area contributed by atoms with Crippen LogP contribution < -0.4 is 5.32 Å². The van der Waals surface area contributed by atoms with E-state index in [2.05, 4.69) is 10.4 Å². The molecule has 0 aliphatic carbocycles. The topological polar surface area (TPSA) is 46.9 Å². The average Bonchev–Trinajstić information content (AvgIpc) is 2.89. The Morgan fingerprint density at radius 2 is 1.77 bits per heavy atom. The van der Waals surface area contributed by atoms with E-state index in [9.17, 15) is 9.18 Å². The zero-order valence-electron chi connectivity index (χ0n) is 14.6. The Hall–Kier alpha value is -2.66. The third kappa shape index (κ3) is 3.78. The third-order valence-corrected chi connectivity index (χ3v) is 4.65. The van der Waals surface area contributed by atoms with Crippen molar-refractivity contribution in [3.05, 3.63) is 87.4 Å². The number of amides is 1. The highest BCUT2D eigenvalue weighted by Crippen LogP contribution is 2.19. The minimum absolute atomic E-state index is 0.125. The van der Waals surface area contributed by atoms with Gasteiger partial charge in [-0.1, -0.05) is 48.0 Å². The van der Waals surface area contributed by atoms with Crippen molar-refractivity contribution in [1.82, 2.24) is 15.1 Å². The summed E-state index contributed by atoms with van der Waals surface area (Å²) in [6.07, 6.45) is 0. The lowest BCUT2D eigenvalue weighted by molar-refractivity contribution is 0.0949. The SMILES string of the molecule is Cc1nn(Cc2ccccc2Cl)c(C)c1C(=O)NCc1ccccc1F. The maximum absolute atomic E-state index is 13.7. The van der Waals surface area contributed by atoms with Crippen LogP contribution in [0, 0.1) is 19.7 Å². The molecule has 0 bridgehead atoms. The molecule has 0 saturated carbocycles. The van der Waals surface area contributed by atoms with Crippen molar-refractivity contribution in [3.8, 4) is 0 Å². The summed E-state index contributed by atoms with van der Waals surface area (Å²) in [5.41, 5.74) is 3.25. The van der Waals surface area contributed by atoms with E-state index in [1.54, 1.807) is 29.8 Å². The number of halogens is 2. The zero-order chi connectivity index (χ0) is 18.7. The van der Waals surface area contributed by atoms with Gasteiger partial charge in [0.05, 0.1) is 17.8 Å². The molecule has 3 rings (SSSR count). The summed E-state index contributed by atoms with van der Waals surface area (Å²) in [5, 5.41) is 7.89. The number of aryl methyl sites for hydroxylation is 1. The van der Waals surface area contributed by atoms with E-state index in [4.69, 9.17) is 11.6 Å². The van der Waals surface area contributed by atoms with E-state index in [-0.39, 0.29) is 18.3 Å². The number of carbonyl (C=O) groups is 1. The molecule has 0 aliphatic heterocycles. The first kappa shape index (κ1) is 18.1. The second-order valence-corrected chi connectivity index (χ2v) is 6.48. The van der Waals surface area contributed by atoms with Crippen LogP contribution in [0.25, 0.3) is 0 Å². The predicted octanol–water partition coefficient (Wildman–Crippen LogP) is 4.27. The predicted molar refractivity (Wildman–Crippen MR) is 99.8 cm³/mol. The van der Waals surface area contributed by atoms with Crippen molar-refractivity contribution in [3.63, 3.8) is 0 Å². The van der Waals surface area contributed by atoms with Crippen LogP contribution in [0.3, 0.4) is 0 Å². The minimum Gasteiger partial charge on any atom is -0.348 e. The molecule has 134 valence electrons. The summed E-state index contributed by atoms with van der Waals surface area (Å²) in [6, 6.07) is 13.9. The molecule has 0 radical (unpaired) electrons. The van der Waals surface area contributed by atoms with Crippen molar-refractivity contribution < 1.29 is 9.18 Å². The Morgan fingerprint density at radius 3 is 2.46 bits per heavy atom. The fourth-order valence-electron chi connectivity index (χ4n) is 2.87. The van der Waals surface area contributed by atoms with Crippen LogP contribution in [0.4, 0.5) is 4.39 Å². The van der Waals surface area contributed by atoms with Gasteiger partial charge in [-0.05, 0) is 31.5 Å². The molecular weight excluding hydrogens is 353 g/mol. The summed E-state index contributed by atoms with van der Waals surface area (Å²) >= 11 is 6.21. The molecule has 26 heavy (non-hydrogen) atoms. The third-order valence-electron chi connectivity index (χ3n) is 4.28. The van der Waals surface area contributed by atoms with E-state index < -0.39 is 0 Å². The Labute approximate surface area is 156 Å². The lowest BCUT2D eigenvalue weighted by Crippen LogP contribution is -2.24. The Balaban J connectivity index is 1.78. The first-order valence-corrected chi connectivity index (χ1v) is 8.64. The molecule has 1 aromatic heterocycles. The number of nitrogens with one attached hydrogen (secondary N) is 1. The molecule has 1 heterocycles. The molecule has 0 saturated heterocycles. The van der Waals surface area contributed by atoms with Gasteiger partial charge in [0.2, 0.25) is 0 Å². The molecule has 1 amide bonds. The first-order chi connectivity index (χ1) is 12.5. The molecule has 3 aromatic rings. The van der Waals surface area contributed by atoms with Gasteiger partial charge in [-0.2, -0.15) is 5.10 Å². The van der Waals surface area contributed by atoms with Gasteiger partial charge in [-0.3, -0.25) is 9.48 Å². The molecule has 0 aliphatic rings. The van der Waals surface area contributed by atoms with Crippen molar-refractivity contribution in [2.75, 3.05) is 0 Å². The number of hydrogen-bond donors (Lipinski definition) is 1. The van der Waals surface area contributed by atoms with E-state index in [1.807, 2.05) is 31.2 Å². The molecule has 4 nitrogen and oxygen atoms in total. The van der Waals surface area contributed by atoms with E-state index >= 15 is 0 Å². The van der Waals surface area contributed by atoms with E-state index in [0.717, 1.165) is 11.3 Å². The molecule has 2 aromatic carbocycles.